The van der Waals surface area contributed by atoms with E-state index in [1.807, 2.05) is 6.07 Å². The van der Waals surface area contributed by atoms with E-state index in [2.05, 4.69) is 5.32 Å². The highest BCUT2D eigenvalue weighted by molar-refractivity contribution is 5.80. The van der Waals surface area contributed by atoms with Crippen LogP contribution in [0.15, 0.2) is 24.3 Å². The molecule has 0 aromatic heterocycles. The molecule has 1 amide bonds. The van der Waals surface area contributed by atoms with Crippen LogP contribution in [0.1, 0.15) is 12.5 Å². The average molecular weight is 194 g/mol. The summed E-state index contributed by atoms with van der Waals surface area (Å²) in [7, 11) is 0. The van der Waals surface area contributed by atoms with Crippen LogP contribution in [-0.2, 0) is 11.3 Å². The fourth-order valence-corrected chi connectivity index (χ4v) is 1.02. The third kappa shape index (κ3) is 3.06. The van der Waals surface area contributed by atoms with Crippen LogP contribution in [-0.4, -0.2) is 17.1 Å². The van der Waals surface area contributed by atoms with Crippen LogP contribution < -0.4 is 11.1 Å². The average Bonchev–Trinajstić information content (AvgIpc) is 2.14. The summed E-state index contributed by atoms with van der Waals surface area (Å²) >= 11 is 0. The molecule has 0 bridgehead atoms. The van der Waals surface area contributed by atoms with E-state index >= 15 is 0 Å². The molecule has 0 saturated heterocycles. The summed E-state index contributed by atoms with van der Waals surface area (Å²) in [5.74, 6) is -0.00844. The maximum Gasteiger partial charge on any atom is 0.236 e. The first-order valence-electron chi connectivity index (χ1n) is 4.41. The van der Waals surface area contributed by atoms with Gasteiger partial charge in [0.25, 0.3) is 0 Å². The second kappa shape index (κ2) is 4.62. The van der Waals surface area contributed by atoms with Gasteiger partial charge in [0.15, 0.2) is 0 Å². The summed E-state index contributed by atoms with van der Waals surface area (Å²) in [5.41, 5.74) is 6.21. The SMILES string of the molecule is CC(N)C(=O)NCc1cccc(O)c1. The fourth-order valence-electron chi connectivity index (χ4n) is 1.02. The molecule has 76 valence electrons. The summed E-state index contributed by atoms with van der Waals surface area (Å²) in [6.07, 6.45) is 0. The van der Waals surface area contributed by atoms with Gasteiger partial charge in [-0.2, -0.15) is 0 Å². The zero-order valence-corrected chi connectivity index (χ0v) is 8.03. The molecule has 0 saturated carbocycles. The van der Waals surface area contributed by atoms with Gasteiger partial charge in [-0.15, -0.1) is 0 Å². The summed E-state index contributed by atoms with van der Waals surface area (Å²) in [5, 5.41) is 11.8. The van der Waals surface area contributed by atoms with Gasteiger partial charge in [0.1, 0.15) is 5.75 Å². The van der Waals surface area contributed by atoms with Crippen molar-refractivity contribution in [3.63, 3.8) is 0 Å². The fraction of sp³-hybridized carbons (Fsp3) is 0.300. The van der Waals surface area contributed by atoms with Crippen LogP contribution in [0.5, 0.6) is 5.75 Å². The first-order chi connectivity index (χ1) is 6.59. The highest BCUT2D eigenvalue weighted by Crippen LogP contribution is 2.10. The topological polar surface area (TPSA) is 75.4 Å². The van der Waals surface area contributed by atoms with E-state index in [9.17, 15) is 4.79 Å². The van der Waals surface area contributed by atoms with Crippen molar-refractivity contribution >= 4 is 5.91 Å². The minimum Gasteiger partial charge on any atom is -0.508 e. The molecule has 14 heavy (non-hydrogen) atoms. The van der Waals surface area contributed by atoms with E-state index < -0.39 is 6.04 Å². The first kappa shape index (κ1) is 10.5. The summed E-state index contributed by atoms with van der Waals surface area (Å²) in [4.78, 5) is 11.1. The van der Waals surface area contributed by atoms with E-state index in [1.54, 1.807) is 25.1 Å². The molecule has 0 aliphatic carbocycles. The standard InChI is InChI=1S/C10H14N2O2/c1-7(11)10(14)12-6-8-3-2-4-9(13)5-8/h2-5,7,13H,6,11H2,1H3,(H,12,14). The van der Waals surface area contributed by atoms with Gasteiger partial charge in [0, 0.05) is 6.54 Å². The smallest absolute Gasteiger partial charge is 0.236 e. The Kier molecular flexibility index (Phi) is 3.48. The zero-order valence-electron chi connectivity index (χ0n) is 8.03. The van der Waals surface area contributed by atoms with Crippen LogP contribution >= 0.6 is 0 Å². The number of nitrogens with one attached hydrogen (secondary N) is 1. The molecule has 1 unspecified atom stereocenters. The summed E-state index contributed by atoms with van der Waals surface area (Å²) < 4.78 is 0. The zero-order chi connectivity index (χ0) is 10.6. The lowest BCUT2D eigenvalue weighted by Gasteiger charge is -2.07. The van der Waals surface area contributed by atoms with E-state index in [0.717, 1.165) is 5.56 Å². The van der Waals surface area contributed by atoms with Gasteiger partial charge >= 0.3 is 0 Å². The van der Waals surface area contributed by atoms with Gasteiger partial charge in [-0.25, -0.2) is 0 Å². The number of benzene rings is 1. The van der Waals surface area contributed by atoms with E-state index in [1.165, 1.54) is 0 Å². The van der Waals surface area contributed by atoms with Crippen LogP contribution in [0.25, 0.3) is 0 Å². The number of carbonyl (C=O) groups is 1. The third-order valence-electron chi connectivity index (χ3n) is 1.79. The van der Waals surface area contributed by atoms with E-state index in [-0.39, 0.29) is 11.7 Å². The number of rotatable bonds is 3. The van der Waals surface area contributed by atoms with Gasteiger partial charge < -0.3 is 16.2 Å². The molecule has 1 rings (SSSR count). The Morgan fingerprint density at radius 3 is 2.93 bits per heavy atom. The normalized spacial score (nSPS) is 12.1. The molecule has 0 fully saturated rings. The number of hydrogen-bond acceptors (Lipinski definition) is 3. The molecule has 0 heterocycles. The molecular formula is C10H14N2O2. The Morgan fingerprint density at radius 2 is 2.36 bits per heavy atom. The highest BCUT2D eigenvalue weighted by Gasteiger charge is 2.05. The van der Waals surface area contributed by atoms with Crippen LogP contribution in [0.3, 0.4) is 0 Å². The van der Waals surface area contributed by atoms with Crippen molar-refractivity contribution in [2.45, 2.75) is 19.5 Å². The largest absolute Gasteiger partial charge is 0.508 e. The van der Waals surface area contributed by atoms with Crippen molar-refractivity contribution in [2.75, 3.05) is 0 Å². The lowest BCUT2D eigenvalue weighted by Crippen LogP contribution is -2.37. The van der Waals surface area contributed by atoms with Crippen molar-refractivity contribution in [3.05, 3.63) is 29.8 Å². The van der Waals surface area contributed by atoms with Crippen LogP contribution in [0, 0.1) is 0 Å². The Hall–Kier alpha value is -1.55. The second-order valence-corrected chi connectivity index (χ2v) is 3.18. The predicted octanol–water partition coefficient (Wildman–Crippen LogP) is 0.356. The van der Waals surface area contributed by atoms with E-state index in [0.29, 0.717) is 6.54 Å². The number of nitrogens with two attached hydrogens (primary N) is 1. The number of carbonyl (C=O) groups excluding carboxylic acids is 1. The van der Waals surface area contributed by atoms with Crippen LogP contribution in [0.4, 0.5) is 0 Å². The lowest BCUT2D eigenvalue weighted by molar-refractivity contribution is -0.122. The number of phenolic OH excluding ortho intramolecular Hbond substituents is 1. The number of phenols is 1. The van der Waals surface area contributed by atoms with Gasteiger partial charge in [0.2, 0.25) is 5.91 Å². The summed E-state index contributed by atoms with van der Waals surface area (Å²) in [6.45, 7) is 2.01. The molecule has 1 atom stereocenters. The van der Waals surface area contributed by atoms with Crippen LogP contribution in [0.2, 0.25) is 0 Å². The lowest BCUT2D eigenvalue weighted by atomic mass is 10.2. The quantitative estimate of drug-likeness (QED) is 0.650. The number of hydrogen-bond donors (Lipinski definition) is 3. The first-order valence-corrected chi connectivity index (χ1v) is 4.41. The molecule has 1 aromatic carbocycles. The molecule has 0 aliphatic rings. The molecule has 4 heteroatoms. The molecule has 0 radical (unpaired) electrons. The molecule has 0 spiro atoms. The second-order valence-electron chi connectivity index (χ2n) is 3.18. The van der Waals surface area contributed by atoms with Gasteiger partial charge in [0.05, 0.1) is 6.04 Å². The maximum atomic E-state index is 11.1. The van der Waals surface area contributed by atoms with Crippen molar-refractivity contribution < 1.29 is 9.90 Å². The monoisotopic (exact) mass is 194 g/mol. The maximum absolute atomic E-state index is 11.1. The van der Waals surface area contributed by atoms with Gasteiger partial charge in [-0.05, 0) is 24.6 Å². The minimum atomic E-state index is -0.507. The Morgan fingerprint density at radius 1 is 1.64 bits per heavy atom. The van der Waals surface area contributed by atoms with Gasteiger partial charge in [-0.1, -0.05) is 12.1 Å². The van der Waals surface area contributed by atoms with Crippen molar-refractivity contribution in [3.8, 4) is 5.75 Å². The van der Waals surface area contributed by atoms with Gasteiger partial charge in [-0.3, -0.25) is 4.79 Å². The Labute approximate surface area is 82.7 Å². The minimum absolute atomic E-state index is 0.192. The predicted molar refractivity (Wildman–Crippen MR) is 53.6 cm³/mol. The molecular weight excluding hydrogens is 180 g/mol. The number of aromatic hydroxyl groups is 1. The third-order valence-corrected chi connectivity index (χ3v) is 1.79. The van der Waals surface area contributed by atoms with Crippen molar-refractivity contribution in [2.24, 2.45) is 5.73 Å². The molecule has 1 aromatic rings. The molecule has 4 nitrogen and oxygen atoms in total. The van der Waals surface area contributed by atoms with Crippen molar-refractivity contribution in [1.82, 2.24) is 5.32 Å². The molecule has 0 aliphatic heterocycles. The Balaban J connectivity index is 2.50. The molecule has 4 N–H and O–H groups in total. The van der Waals surface area contributed by atoms with Crippen molar-refractivity contribution in [1.29, 1.82) is 0 Å². The summed E-state index contributed by atoms with van der Waals surface area (Å²) in [6, 6.07) is 6.22. The number of amides is 1. The van der Waals surface area contributed by atoms with E-state index in [4.69, 9.17) is 10.8 Å². The Bertz CT molecular complexity index is 324. The highest BCUT2D eigenvalue weighted by atomic mass is 16.3.